The topological polar surface area (TPSA) is 63.8 Å². The molecule has 1 fully saturated rings. The number of aromatic nitrogens is 2. The summed E-state index contributed by atoms with van der Waals surface area (Å²) in [5.41, 5.74) is 6.72. The number of nitrogens with two attached hydrogens (primary N) is 1. The normalized spacial score (nSPS) is 24.6. The summed E-state index contributed by atoms with van der Waals surface area (Å²) in [6.45, 7) is 4.77. The van der Waals surface area contributed by atoms with Gasteiger partial charge in [-0.2, -0.15) is 0 Å². The highest BCUT2D eigenvalue weighted by Crippen LogP contribution is 2.25. The highest BCUT2D eigenvalue weighted by molar-refractivity contribution is 5.36. The van der Waals surface area contributed by atoms with Gasteiger partial charge in [0, 0.05) is 17.8 Å². The van der Waals surface area contributed by atoms with Crippen LogP contribution in [0.25, 0.3) is 0 Å². The maximum absolute atomic E-state index is 5.70. The minimum Gasteiger partial charge on any atom is -0.367 e. The zero-order valence-electron chi connectivity index (χ0n) is 10.7. The fourth-order valence-electron chi connectivity index (χ4n) is 2.54. The van der Waals surface area contributed by atoms with Crippen LogP contribution in [0, 0.1) is 19.8 Å². The first-order valence-corrected chi connectivity index (χ1v) is 6.46. The molecule has 1 aliphatic carbocycles. The van der Waals surface area contributed by atoms with E-state index in [0.717, 1.165) is 29.8 Å². The molecule has 1 aliphatic rings. The van der Waals surface area contributed by atoms with Gasteiger partial charge in [-0.3, -0.25) is 0 Å². The van der Waals surface area contributed by atoms with Gasteiger partial charge in [0.05, 0.1) is 0 Å². The first kappa shape index (κ1) is 12.3. The van der Waals surface area contributed by atoms with E-state index in [4.69, 9.17) is 5.73 Å². The standard InChI is InChI=1S/C13H22N4/c1-9-7-13(16-10(2)15-9)17-12-5-3-11(8-14)4-6-12/h7,11-12H,3-6,8,14H2,1-2H3,(H,15,16,17). The van der Waals surface area contributed by atoms with Gasteiger partial charge < -0.3 is 11.1 Å². The lowest BCUT2D eigenvalue weighted by atomic mass is 9.86. The minimum atomic E-state index is 0.548. The molecule has 0 spiro atoms. The molecule has 1 aromatic heterocycles. The molecule has 0 bridgehead atoms. The van der Waals surface area contributed by atoms with Gasteiger partial charge in [0.1, 0.15) is 11.6 Å². The molecular formula is C13H22N4. The van der Waals surface area contributed by atoms with Crippen molar-refractivity contribution in [1.82, 2.24) is 9.97 Å². The van der Waals surface area contributed by atoms with Crippen molar-refractivity contribution >= 4 is 5.82 Å². The lowest BCUT2D eigenvalue weighted by Gasteiger charge is -2.28. The minimum absolute atomic E-state index is 0.548. The van der Waals surface area contributed by atoms with Crippen LogP contribution in [0.15, 0.2) is 6.07 Å². The Balaban J connectivity index is 1.93. The molecule has 4 heteroatoms. The molecule has 4 nitrogen and oxygen atoms in total. The molecule has 1 aromatic rings. The Morgan fingerprint density at radius 3 is 2.53 bits per heavy atom. The SMILES string of the molecule is Cc1cc(NC2CCC(CN)CC2)nc(C)n1. The van der Waals surface area contributed by atoms with Crippen LogP contribution in [-0.4, -0.2) is 22.6 Å². The van der Waals surface area contributed by atoms with E-state index in [0.29, 0.717) is 6.04 Å². The summed E-state index contributed by atoms with van der Waals surface area (Å²) in [6.07, 6.45) is 4.86. The number of rotatable bonds is 3. The molecular weight excluding hydrogens is 212 g/mol. The van der Waals surface area contributed by atoms with Gasteiger partial charge in [-0.15, -0.1) is 0 Å². The molecule has 1 heterocycles. The molecule has 0 radical (unpaired) electrons. The van der Waals surface area contributed by atoms with Crippen LogP contribution in [0.4, 0.5) is 5.82 Å². The summed E-state index contributed by atoms with van der Waals surface area (Å²) in [7, 11) is 0. The Labute approximate surface area is 103 Å². The molecule has 0 aliphatic heterocycles. The van der Waals surface area contributed by atoms with E-state index >= 15 is 0 Å². The third-order valence-electron chi connectivity index (χ3n) is 3.50. The third kappa shape index (κ3) is 3.40. The maximum atomic E-state index is 5.70. The fraction of sp³-hybridized carbons (Fsp3) is 0.692. The predicted octanol–water partition coefficient (Wildman–Crippen LogP) is 2.02. The van der Waals surface area contributed by atoms with Crippen LogP contribution in [0.3, 0.4) is 0 Å². The molecule has 0 amide bonds. The number of nitrogens with one attached hydrogen (secondary N) is 1. The Morgan fingerprint density at radius 1 is 1.24 bits per heavy atom. The molecule has 2 rings (SSSR count). The van der Waals surface area contributed by atoms with Crippen molar-refractivity contribution in [3.05, 3.63) is 17.6 Å². The quantitative estimate of drug-likeness (QED) is 0.840. The smallest absolute Gasteiger partial charge is 0.130 e. The van der Waals surface area contributed by atoms with E-state index < -0.39 is 0 Å². The van der Waals surface area contributed by atoms with Gasteiger partial charge >= 0.3 is 0 Å². The van der Waals surface area contributed by atoms with Crippen molar-refractivity contribution in [3.63, 3.8) is 0 Å². The van der Waals surface area contributed by atoms with Crippen molar-refractivity contribution in [2.45, 2.75) is 45.6 Å². The van der Waals surface area contributed by atoms with Gasteiger partial charge in [-0.1, -0.05) is 0 Å². The van der Waals surface area contributed by atoms with E-state index in [1.807, 2.05) is 19.9 Å². The van der Waals surface area contributed by atoms with E-state index in [2.05, 4.69) is 15.3 Å². The molecule has 3 N–H and O–H groups in total. The summed E-state index contributed by atoms with van der Waals surface area (Å²) in [5, 5.41) is 3.52. The van der Waals surface area contributed by atoms with Gasteiger partial charge in [0.25, 0.3) is 0 Å². The third-order valence-corrected chi connectivity index (χ3v) is 3.50. The molecule has 17 heavy (non-hydrogen) atoms. The average molecular weight is 234 g/mol. The Bertz CT molecular complexity index is 349. The van der Waals surface area contributed by atoms with Gasteiger partial charge in [-0.25, -0.2) is 9.97 Å². The zero-order valence-corrected chi connectivity index (χ0v) is 10.7. The zero-order chi connectivity index (χ0) is 12.3. The fourth-order valence-corrected chi connectivity index (χ4v) is 2.54. The summed E-state index contributed by atoms with van der Waals surface area (Å²) >= 11 is 0. The van der Waals surface area contributed by atoms with E-state index in [9.17, 15) is 0 Å². The molecule has 94 valence electrons. The van der Waals surface area contributed by atoms with Crippen LogP contribution < -0.4 is 11.1 Å². The van der Waals surface area contributed by atoms with Crippen molar-refractivity contribution in [2.24, 2.45) is 11.7 Å². The second-order valence-corrected chi connectivity index (χ2v) is 5.04. The molecule has 0 atom stereocenters. The predicted molar refractivity (Wildman–Crippen MR) is 69.9 cm³/mol. The van der Waals surface area contributed by atoms with Crippen LogP contribution in [0.2, 0.25) is 0 Å². The van der Waals surface area contributed by atoms with E-state index in [-0.39, 0.29) is 0 Å². The van der Waals surface area contributed by atoms with Crippen LogP contribution in [0.1, 0.15) is 37.2 Å². The van der Waals surface area contributed by atoms with Crippen molar-refractivity contribution in [1.29, 1.82) is 0 Å². The number of hydrogen-bond acceptors (Lipinski definition) is 4. The van der Waals surface area contributed by atoms with E-state index in [1.165, 1.54) is 25.7 Å². The Kier molecular flexibility index (Phi) is 3.94. The summed E-state index contributed by atoms with van der Waals surface area (Å²) in [5.74, 6) is 2.52. The number of anilines is 1. The lowest BCUT2D eigenvalue weighted by Crippen LogP contribution is -2.29. The lowest BCUT2D eigenvalue weighted by molar-refractivity contribution is 0.344. The van der Waals surface area contributed by atoms with Gasteiger partial charge in [-0.05, 0) is 52.0 Å². The van der Waals surface area contributed by atoms with Crippen LogP contribution in [-0.2, 0) is 0 Å². The number of hydrogen-bond donors (Lipinski definition) is 2. The molecule has 0 saturated heterocycles. The molecule has 0 aromatic carbocycles. The number of aryl methyl sites for hydroxylation is 2. The highest BCUT2D eigenvalue weighted by Gasteiger charge is 2.20. The van der Waals surface area contributed by atoms with Crippen molar-refractivity contribution < 1.29 is 0 Å². The second kappa shape index (κ2) is 5.45. The maximum Gasteiger partial charge on any atom is 0.130 e. The van der Waals surface area contributed by atoms with Gasteiger partial charge in [0.15, 0.2) is 0 Å². The van der Waals surface area contributed by atoms with Crippen LogP contribution in [0.5, 0.6) is 0 Å². The first-order chi connectivity index (χ1) is 8.17. The van der Waals surface area contributed by atoms with Gasteiger partial charge in [0.2, 0.25) is 0 Å². The van der Waals surface area contributed by atoms with Crippen LogP contribution >= 0.6 is 0 Å². The Hall–Kier alpha value is -1.16. The highest BCUT2D eigenvalue weighted by atomic mass is 15.0. The summed E-state index contributed by atoms with van der Waals surface area (Å²) in [4.78, 5) is 8.71. The molecule has 1 saturated carbocycles. The summed E-state index contributed by atoms with van der Waals surface area (Å²) < 4.78 is 0. The average Bonchev–Trinajstić information content (AvgIpc) is 2.28. The Morgan fingerprint density at radius 2 is 1.94 bits per heavy atom. The monoisotopic (exact) mass is 234 g/mol. The van der Waals surface area contributed by atoms with Crippen molar-refractivity contribution in [3.8, 4) is 0 Å². The molecule has 0 unspecified atom stereocenters. The first-order valence-electron chi connectivity index (χ1n) is 6.46. The summed E-state index contributed by atoms with van der Waals surface area (Å²) in [6, 6.07) is 2.56. The second-order valence-electron chi connectivity index (χ2n) is 5.04. The largest absolute Gasteiger partial charge is 0.367 e. The number of nitrogens with zero attached hydrogens (tertiary/aromatic N) is 2. The van der Waals surface area contributed by atoms with Crippen molar-refractivity contribution in [2.75, 3.05) is 11.9 Å². The van der Waals surface area contributed by atoms with E-state index in [1.54, 1.807) is 0 Å².